The molecule has 0 saturated heterocycles. The first-order valence-corrected chi connectivity index (χ1v) is 11.4. The van der Waals surface area contributed by atoms with Gasteiger partial charge in [0.25, 0.3) is 0 Å². The van der Waals surface area contributed by atoms with Crippen LogP contribution in [0, 0.1) is 0 Å². The van der Waals surface area contributed by atoms with Crippen molar-refractivity contribution in [1.29, 1.82) is 0 Å². The molecule has 0 aliphatic carbocycles. The fourth-order valence-electron chi connectivity index (χ4n) is 2.49. The van der Waals surface area contributed by atoms with Gasteiger partial charge in [-0.15, -0.1) is 0 Å². The second kappa shape index (κ2) is 16.2. The molecule has 8 heteroatoms. The Labute approximate surface area is 154 Å². The van der Waals surface area contributed by atoms with Crippen molar-refractivity contribution in [2.45, 2.75) is 89.6 Å². The summed E-state index contributed by atoms with van der Waals surface area (Å²) in [6, 6.07) is 0. The van der Waals surface area contributed by atoms with Crippen LogP contribution in [0.4, 0.5) is 0 Å². The smallest absolute Gasteiger partial charge is 0.330 e. The second-order valence-electron chi connectivity index (χ2n) is 6.57. The van der Waals surface area contributed by atoms with E-state index in [1.54, 1.807) is 0 Å². The zero-order chi connectivity index (χ0) is 19.0. The van der Waals surface area contributed by atoms with Gasteiger partial charge in [-0.2, -0.15) is 0 Å². The standard InChI is InChI=1S/C17H41N4O3P/c1-2-3-10-15-23-25(22,17(21)12-7-5-9-14-19)24-16(20)11-6-4-8-13-18/h16-17H,2-15,18-21H2,1H3. The first-order valence-electron chi connectivity index (χ1n) is 9.84. The summed E-state index contributed by atoms with van der Waals surface area (Å²) in [6.45, 7) is 3.82. The first-order chi connectivity index (χ1) is 12.0. The number of unbranched alkanes of at least 4 members (excludes halogenated alkanes) is 6. The van der Waals surface area contributed by atoms with Gasteiger partial charge in [-0.05, 0) is 51.6 Å². The van der Waals surface area contributed by atoms with Crippen molar-refractivity contribution in [3.63, 3.8) is 0 Å². The fraction of sp³-hybridized carbons (Fsp3) is 1.00. The van der Waals surface area contributed by atoms with Gasteiger partial charge in [0.1, 0.15) is 12.0 Å². The summed E-state index contributed by atoms with van der Waals surface area (Å²) < 4.78 is 24.4. The molecule has 0 saturated carbocycles. The third-order valence-electron chi connectivity index (χ3n) is 4.10. The minimum absolute atomic E-state index is 0.390. The summed E-state index contributed by atoms with van der Waals surface area (Å²) in [5, 5.41) is 0. The monoisotopic (exact) mass is 380 g/mol. The van der Waals surface area contributed by atoms with Crippen molar-refractivity contribution < 1.29 is 13.6 Å². The average molecular weight is 381 g/mol. The lowest BCUT2D eigenvalue weighted by molar-refractivity contribution is 0.134. The Kier molecular flexibility index (Phi) is 16.2. The highest BCUT2D eigenvalue weighted by atomic mass is 31.2. The minimum atomic E-state index is -3.41. The Hall–Kier alpha value is -0.0100. The SMILES string of the molecule is CCCCCOP(=O)(OC(N)CCCCCN)C(N)CCCCCN. The van der Waals surface area contributed by atoms with Gasteiger partial charge in [0.05, 0.1) is 6.61 Å². The maximum Gasteiger partial charge on any atom is 0.348 e. The van der Waals surface area contributed by atoms with Gasteiger partial charge < -0.3 is 27.5 Å². The molecular formula is C17H41N4O3P. The van der Waals surface area contributed by atoms with Crippen LogP contribution in [0.3, 0.4) is 0 Å². The Morgan fingerprint density at radius 3 is 2.00 bits per heavy atom. The van der Waals surface area contributed by atoms with Crippen LogP contribution < -0.4 is 22.9 Å². The van der Waals surface area contributed by atoms with E-state index in [0.29, 0.717) is 32.5 Å². The van der Waals surface area contributed by atoms with Crippen LogP contribution in [0.5, 0.6) is 0 Å². The molecule has 25 heavy (non-hydrogen) atoms. The van der Waals surface area contributed by atoms with Crippen molar-refractivity contribution in [3.05, 3.63) is 0 Å². The van der Waals surface area contributed by atoms with Crippen LogP contribution in [-0.2, 0) is 13.6 Å². The van der Waals surface area contributed by atoms with Gasteiger partial charge >= 0.3 is 7.60 Å². The van der Waals surface area contributed by atoms with Crippen molar-refractivity contribution in [3.8, 4) is 0 Å². The van der Waals surface area contributed by atoms with Crippen LogP contribution in [0.1, 0.15) is 77.6 Å². The van der Waals surface area contributed by atoms with E-state index in [-0.39, 0.29) is 0 Å². The fourth-order valence-corrected chi connectivity index (χ4v) is 4.26. The summed E-state index contributed by atoms with van der Waals surface area (Å²) in [5.74, 6) is -0.637. The van der Waals surface area contributed by atoms with E-state index in [2.05, 4.69) is 6.92 Å². The van der Waals surface area contributed by atoms with E-state index in [9.17, 15) is 4.57 Å². The van der Waals surface area contributed by atoms with Crippen LogP contribution in [0.25, 0.3) is 0 Å². The third kappa shape index (κ3) is 12.9. The van der Waals surface area contributed by atoms with Crippen LogP contribution >= 0.6 is 7.60 Å². The molecule has 0 fully saturated rings. The highest BCUT2D eigenvalue weighted by Gasteiger charge is 2.34. The van der Waals surface area contributed by atoms with Gasteiger partial charge in [-0.1, -0.05) is 39.0 Å². The van der Waals surface area contributed by atoms with E-state index in [0.717, 1.165) is 57.8 Å². The highest BCUT2D eigenvalue weighted by Crippen LogP contribution is 2.53. The molecule has 0 aromatic carbocycles. The lowest BCUT2D eigenvalue weighted by Gasteiger charge is -2.27. The number of rotatable bonds is 18. The molecule has 8 N–H and O–H groups in total. The van der Waals surface area contributed by atoms with Crippen molar-refractivity contribution in [1.82, 2.24) is 0 Å². The highest BCUT2D eigenvalue weighted by molar-refractivity contribution is 7.54. The maximum absolute atomic E-state index is 13.1. The Morgan fingerprint density at radius 1 is 0.840 bits per heavy atom. The molecule has 3 unspecified atom stereocenters. The Morgan fingerprint density at radius 2 is 1.44 bits per heavy atom. The largest absolute Gasteiger partial charge is 0.348 e. The van der Waals surface area contributed by atoms with Crippen molar-refractivity contribution in [2.24, 2.45) is 22.9 Å². The minimum Gasteiger partial charge on any atom is -0.330 e. The quantitative estimate of drug-likeness (QED) is 0.163. The van der Waals surface area contributed by atoms with Gasteiger partial charge in [0.2, 0.25) is 0 Å². The van der Waals surface area contributed by atoms with E-state index in [4.69, 9.17) is 32.0 Å². The van der Waals surface area contributed by atoms with Gasteiger partial charge in [-0.25, -0.2) is 0 Å². The van der Waals surface area contributed by atoms with Gasteiger partial charge in [0, 0.05) is 0 Å². The molecule has 152 valence electrons. The van der Waals surface area contributed by atoms with Crippen molar-refractivity contribution in [2.75, 3.05) is 19.7 Å². The molecule has 0 radical (unpaired) electrons. The third-order valence-corrected chi connectivity index (χ3v) is 6.28. The number of hydrogen-bond acceptors (Lipinski definition) is 7. The zero-order valence-corrected chi connectivity index (χ0v) is 16.9. The molecule has 0 aromatic rings. The lowest BCUT2D eigenvalue weighted by atomic mass is 10.2. The first kappa shape index (κ1) is 25.0. The molecule has 0 amide bonds. The normalized spacial score (nSPS) is 16.5. The molecule has 0 aromatic heterocycles. The van der Waals surface area contributed by atoms with E-state index in [1.165, 1.54) is 0 Å². The maximum atomic E-state index is 13.1. The van der Waals surface area contributed by atoms with E-state index >= 15 is 0 Å². The summed E-state index contributed by atoms with van der Waals surface area (Å²) in [6.07, 6.45) is 9.13. The second-order valence-corrected chi connectivity index (χ2v) is 8.78. The van der Waals surface area contributed by atoms with Gasteiger partial charge in [0.15, 0.2) is 0 Å². The summed E-state index contributed by atoms with van der Waals surface area (Å²) in [5.41, 5.74) is 23.1. The van der Waals surface area contributed by atoms with E-state index < -0.39 is 19.6 Å². The molecule has 0 heterocycles. The van der Waals surface area contributed by atoms with Crippen molar-refractivity contribution >= 4 is 7.60 Å². The molecule has 3 atom stereocenters. The van der Waals surface area contributed by atoms with Crippen LogP contribution in [-0.4, -0.2) is 31.7 Å². The molecule has 0 bridgehead atoms. The summed E-state index contributed by atoms with van der Waals surface area (Å²) in [7, 11) is -3.41. The number of nitrogens with two attached hydrogens (primary N) is 4. The molecular weight excluding hydrogens is 339 g/mol. The molecule has 0 aliphatic heterocycles. The summed E-state index contributed by atoms with van der Waals surface area (Å²) in [4.78, 5) is 0. The molecule has 7 nitrogen and oxygen atoms in total. The molecule has 0 aliphatic rings. The Balaban J connectivity index is 4.50. The lowest BCUT2D eigenvalue weighted by Crippen LogP contribution is -2.30. The van der Waals surface area contributed by atoms with Crippen LogP contribution in [0.2, 0.25) is 0 Å². The predicted octanol–water partition coefficient (Wildman–Crippen LogP) is 3.01. The topological polar surface area (TPSA) is 140 Å². The number of hydrogen-bond donors (Lipinski definition) is 4. The average Bonchev–Trinajstić information content (AvgIpc) is 2.59. The van der Waals surface area contributed by atoms with Gasteiger partial charge in [-0.3, -0.25) is 9.09 Å². The summed E-state index contributed by atoms with van der Waals surface area (Å²) >= 11 is 0. The van der Waals surface area contributed by atoms with E-state index in [1.807, 2.05) is 0 Å². The Bertz CT molecular complexity index is 348. The zero-order valence-electron chi connectivity index (χ0n) is 16.0. The predicted molar refractivity (Wildman–Crippen MR) is 105 cm³/mol. The van der Waals surface area contributed by atoms with Crippen LogP contribution in [0.15, 0.2) is 0 Å². The molecule has 0 spiro atoms. The molecule has 0 rings (SSSR count).